The van der Waals surface area contributed by atoms with Gasteiger partial charge in [0.15, 0.2) is 0 Å². The third-order valence-corrected chi connectivity index (χ3v) is 7.91. The number of rotatable bonds is 10. The molecule has 9 heteroatoms. The second-order valence-electron chi connectivity index (χ2n) is 9.24. The zero-order chi connectivity index (χ0) is 24.1. The molecule has 0 aliphatic rings. The minimum Gasteiger partial charge on any atom is -0.361 e. The number of fused-ring (bicyclic) bond motifs is 1. The molecule has 0 saturated carbocycles. The van der Waals surface area contributed by atoms with E-state index in [-0.39, 0.29) is 5.91 Å². The van der Waals surface area contributed by atoms with Crippen LogP contribution >= 0.6 is 11.3 Å². The van der Waals surface area contributed by atoms with Crippen LogP contribution in [0.2, 0.25) is 25.7 Å². The summed E-state index contributed by atoms with van der Waals surface area (Å²) in [4.78, 5) is 25.4. The van der Waals surface area contributed by atoms with Crippen LogP contribution in [0.25, 0.3) is 32.9 Å². The highest BCUT2D eigenvalue weighted by molar-refractivity contribution is 7.13. The average molecular weight is 492 g/mol. The van der Waals surface area contributed by atoms with Crippen molar-refractivity contribution < 1.29 is 9.53 Å². The molecule has 0 aliphatic carbocycles. The third-order valence-electron chi connectivity index (χ3n) is 5.40. The monoisotopic (exact) mass is 491 g/mol. The van der Waals surface area contributed by atoms with E-state index in [0.29, 0.717) is 13.3 Å². The minimum absolute atomic E-state index is 0.202. The average Bonchev–Trinajstić information content (AvgIpc) is 3.48. The van der Waals surface area contributed by atoms with Crippen molar-refractivity contribution in [2.75, 3.05) is 6.61 Å². The predicted octanol–water partition coefficient (Wildman–Crippen LogP) is 5.34. The first-order valence-electron chi connectivity index (χ1n) is 11.2. The molecule has 0 saturated heterocycles. The van der Waals surface area contributed by atoms with Gasteiger partial charge >= 0.3 is 0 Å². The Morgan fingerprint density at radius 2 is 2.12 bits per heavy atom. The molecule has 1 aromatic carbocycles. The van der Waals surface area contributed by atoms with Gasteiger partial charge in [0, 0.05) is 50.1 Å². The Labute approximate surface area is 204 Å². The SMILES string of the molecule is C=CC(=O)NCc1cccc(-c2ncnc3c2c(-c2nccs2)cn3COCC[Si](C)(C)C)c1. The minimum atomic E-state index is -1.16. The van der Waals surface area contributed by atoms with Gasteiger partial charge in [-0.3, -0.25) is 4.79 Å². The van der Waals surface area contributed by atoms with Crippen LogP contribution in [0.5, 0.6) is 0 Å². The predicted molar refractivity (Wildman–Crippen MR) is 140 cm³/mol. The van der Waals surface area contributed by atoms with Crippen LogP contribution in [-0.4, -0.2) is 40.1 Å². The summed E-state index contributed by atoms with van der Waals surface area (Å²) in [5.74, 6) is -0.202. The largest absolute Gasteiger partial charge is 0.361 e. The van der Waals surface area contributed by atoms with Gasteiger partial charge in [-0.1, -0.05) is 44.4 Å². The summed E-state index contributed by atoms with van der Waals surface area (Å²) in [5.41, 5.74) is 4.55. The number of thiazole rings is 1. The van der Waals surface area contributed by atoms with Gasteiger partial charge in [0.2, 0.25) is 5.91 Å². The molecule has 4 aromatic rings. The maximum absolute atomic E-state index is 11.6. The number of nitrogens with one attached hydrogen (secondary N) is 1. The molecule has 4 rings (SSSR count). The van der Waals surface area contributed by atoms with E-state index >= 15 is 0 Å². The Balaban J connectivity index is 1.72. The molecule has 3 aromatic heterocycles. The summed E-state index contributed by atoms with van der Waals surface area (Å²) in [5, 5.41) is 6.65. The number of nitrogens with zero attached hydrogens (tertiary/aromatic N) is 4. The van der Waals surface area contributed by atoms with Crippen molar-refractivity contribution in [1.29, 1.82) is 0 Å². The highest BCUT2D eigenvalue weighted by Gasteiger charge is 2.19. The number of carbonyl (C=O) groups is 1. The van der Waals surface area contributed by atoms with Crippen LogP contribution < -0.4 is 5.32 Å². The Hall–Kier alpha value is -3.14. The third kappa shape index (κ3) is 5.67. The molecule has 34 heavy (non-hydrogen) atoms. The highest BCUT2D eigenvalue weighted by atomic mass is 32.1. The lowest BCUT2D eigenvalue weighted by atomic mass is 10.0. The van der Waals surface area contributed by atoms with Crippen LogP contribution in [0, 0.1) is 0 Å². The summed E-state index contributed by atoms with van der Waals surface area (Å²) >= 11 is 1.58. The molecule has 3 heterocycles. The number of ether oxygens (including phenoxy) is 1. The summed E-state index contributed by atoms with van der Waals surface area (Å²) < 4.78 is 8.07. The van der Waals surface area contributed by atoms with Crippen LogP contribution in [-0.2, 0) is 22.8 Å². The second-order valence-corrected chi connectivity index (χ2v) is 15.8. The van der Waals surface area contributed by atoms with Gasteiger partial charge in [-0.05, 0) is 23.7 Å². The standard InChI is InChI=1S/C25H29N5O2SSi/c1-5-21(31)27-14-18-7-6-8-19(13-18)23-22-20(25-26-9-11-33-25)15-30(24(22)29-16-28-23)17-32-10-12-34(2,3)4/h5-9,11,13,15-16H,1,10,12,14,17H2,2-4H3,(H,27,31). The van der Waals surface area contributed by atoms with Gasteiger partial charge in [0.25, 0.3) is 0 Å². The Bertz CT molecular complexity index is 1290. The van der Waals surface area contributed by atoms with Crippen molar-refractivity contribution in [2.45, 2.75) is 39.0 Å². The van der Waals surface area contributed by atoms with Gasteiger partial charge in [0.1, 0.15) is 23.7 Å². The topological polar surface area (TPSA) is 81.9 Å². The molecular weight excluding hydrogens is 462 g/mol. The molecule has 0 radical (unpaired) electrons. The van der Waals surface area contributed by atoms with Gasteiger partial charge in [-0.2, -0.15) is 0 Å². The summed E-state index contributed by atoms with van der Waals surface area (Å²) in [6.07, 6.45) is 6.73. The van der Waals surface area contributed by atoms with Crippen molar-refractivity contribution in [3.63, 3.8) is 0 Å². The Kier molecular flexibility index (Phi) is 7.35. The smallest absolute Gasteiger partial charge is 0.243 e. The Morgan fingerprint density at radius 3 is 2.85 bits per heavy atom. The van der Waals surface area contributed by atoms with Crippen LogP contribution in [0.4, 0.5) is 0 Å². The molecule has 0 unspecified atom stereocenters. The van der Waals surface area contributed by atoms with E-state index in [1.54, 1.807) is 23.9 Å². The number of aromatic nitrogens is 4. The van der Waals surface area contributed by atoms with E-state index < -0.39 is 8.07 Å². The molecule has 176 valence electrons. The fraction of sp³-hybridized carbons (Fsp3) is 0.280. The fourth-order valence-corrected chi connectivity index (χ4v) is 5.00. The van der Waals surface area contributed by atoms with Crippen molar-refractivity contribution >= 4 is 36.4 Å². The van der Waals surface area contributed by atoms with E-state index in [0.717, 1.165) is 51.1 Å². The first-order chi connectivity index (χ1) is 16.4. The molecular formula is C25H29N5O2SSi. The summed E-state index contributed by atoms with van der Waals surface area (Å²) in [6, 6.07) is 9.12. The quantitative estimate of drug-likeness (QED) is 0.184. The lowest BCUT2D eigenvalue weighted by molar-refractivity contribution is -0.116. The number of hydrogen-bond donors (Lipinski definition) is 1. The van der Waals surface area contributed by atoms with Gasteiger partial charge in [-0.15, -0.1) is 11.3 Å². The number of carbonyl (C=O) groups excluding carboxylic acids is 1. The molecule has 1 amide bonds. The molecule has 7 nitrogen and oxygen atoms in total. The van der Waals surface area contributed by atoms with E-state index in [2.05, 4.69) is 52.7 Å². The zero-order valence-corrected chi connectivity index (χ0v) is 21.6. The maximum Gasteiger partial charge on any atom is 0.243 e. The number of amides is 1. The number of benzene rings is 1. The molecule has 1 N–H and O–H groups in total. The van der Waals surface area contributed by atoms with E-state index in [4.69, 9.17) is 4.74 Å². The van der Waals surface area contributed by atoms with Crippen LogP contribution in [0.15, 0.2) is 61.0 Å². The second kappa shape index (κ2) is 10.4. The van der Waals surface area contributed by atoms with Crippen molar-refractivity contribution in [3.05, 3.63) is 66.6 Å². The lowest BCUT2D eigenvalue weighted by Gasteiger charge is -2.15. The molecule has 0 spiro atoms. The molecule has 0 atom stereocenters. The Morgan fingerprint density at radius 1 is 1.26 bits per heavy atom. The van der Waals surface area contributed by atoms with E-state index in [9.17, 15) is 4.79 Å². The number of hydrogen-bond acceptors (Lipinski definition) is 6. The fourth-order valence-electron chi connectivity index (χ4n) is 3.59. The first-order valence-corrected chi connectivity index (χ1v) is 15.8. The highest BCUT2D eigenvalue weighted by Crippen LogP contribution is 2.36. The molecule has 0 fully saturated rings. The normalized spacial score (nSPS) is 11.6. The van der Waals surface area contributed by atoms with Crippen molar-refractivity contribution in [3.8, 4) is 21.8 Å². The molecule has 0 aliphatic heterocycles. The van der Waals surface area contributed by atoms with Crippen molar-refractivity contribution in [2.24, 2.45) is 0 Å². The van der Waals surface area contributed by atoms with Crippen LogP contribution in [0.1, 0.15) is 5.56 Å². The summed E-state index contributed by atoms with van der Waals surface area (Å²) in [7, 11) is -1.16. The van der Waals surface area contributed by atoms with Gasteiger partial charge in [0.05, 0.1) is 11.1 Å². The molecule has 0 bridgehead atoms. The van der Waals surface area contributed by atoms with Gasteiger partial charge < -0.3 is 14.6 Å². The summed E-state index contributed by atoms with van der Waals surface area (Å²) in [6.45, 7) is 12.1. The van der Waals surface area contributed by atoms with Gasteiger partial charge in [-0.25, -0.2) is 15.0 Å². The van der Waals surface area contributed by atoms with E-state index in [1.807, 2.05) is 34.2 Å². The first kappa shape index (κ1) is 24.0. The van der Waals surface area contributed by atoms with Crippen molar-refractivity contribution in [1.82, 2.24) is 24.8 Å². The maximum atomic E-state index is 11.6. The van der Waals surface area contributed by atoms with E-state index in [1.165, 1.54) is 6.08 Å². The lowest BCUT2D eigenvalue weighted by Crippen LogP contribution is -2.22. The van der Waals surface area contributed by atoms with Crippen LogP contribution in [0.3, 0.4) is 0 Å². The zero-order valence-electron chi connectivity index (χ0n) is 19.7.